The second kappa shape index (κ2) is 9.54. The number of para-hydroxylation sites is 2. The average Bonchev–Trinajstić information content (AvgIpc) is 2.82. The molecule has 1 heterocycles. The van der Waals surface area contributed by atoms with Crippen LogP contribution in [0.1, 0.15) is 11.1 Å². The van der Waals surface area contributed by atoms with E-state index in [1.807, 2.05) is 49.3 Å². The minimum atomic E-state index is -3.73. The Morgan fingerprint density at radius 1 is 0.970 bits per heavy atom. The third-order valence-electron chi connectivity index (χ3n) is 5.47. The average molecular weight is 466 g/mol. The summed E-state index contributed by atoms with van der Waals surface area (Å²) in [7, 11) is 0.202. The van der Waals surface area contributed by atoms with E-state index >= 15 is 0 Å². The first-order chi connectivity index (χ1) is 15.8. The number of benzene rings is 3. The van der Waals surface area contributed by atoms with Crippen molar-refractivity contribution in [1.82, 2.24) is 5.32 Å². The Labute approximate surface area is 194 Å². The number of nitrogens with one attached hydrogen (secondary N) is 1. The third kappa shape index (κ3) is 5.28. The number of carbonyl (C=O) groups is 1. The Kier molecular flexibility index (Phi) is 6.55. The van der Waals surface area contributed by atoms with Gasteiger partial charge in [-0.15, -0.1) is 0 Å². The van der Waals surface area contributed by atoms with Crippen molar-refractivity contribution in [2.24, 2.45) is 0 Å². The number of ether oxygens (including phenoxy) is 1. The van der Waals surface area contributed by atoms with Crippen LogP contribution in [0.2, 0.25) is 0 Å². The van der Waals surface area contributed by atoms with E-state index in [0.717, 1.165) is 11.3 Å². The number of carbonyl (C=O) groups excluding carboxylic acids is 1. The van der Waals surface area contributed by atoms with E-state index in [4.69, 9.17) is 4.74 Å². The second-order valence-electron chi connectivity index (χ2n) is 8.13. The molecule has 8 heteroatoms. The van der Waals surface area contributed by atoms with Gasteiger partial charge in [-0.3, -0.25) is 9.10 Å². The number of hydrogen-bond donors (Lipinski definition) is 1. The molecule has 3 aromatic carbocycles. The summed E-state index contributed by atoms with van der Waals surface area (Å²) in [5.74, 6) is -0.147. The molecule has 3 aromatic rings. The molecule has 1 atom stereocenters. The second-order valence-corrected chi connectivity index (χ2v) is 10.0. The molecule has 1 N–H and O–H groups in total. The van der Waals surface area contributed by atoms with Crippen LogP contribution >= 0.6 is 0 Å². The Bertz CT molecular complexity index is 1210. The van der Waals surface area contributed by atoms with Gasteiger partial charge in [0, 0.05) is 26.3 Å². The van der Waals surface area contributed by atoms with Crippen LogP contribution in [0.5, 0.6) is 5.75 Å². The zero-order valence-electron chi connectivity index (χ0n) is 18.6. The number of hydrogen-bond acceptors (Lipinski definition) is 5. The van der Waals surface area contributed by atoms with Crippen molar-refractivity contribution in [1.29, 1.82) is 0 Å². The third-order valence-corrected chi connectivity index (χ3v) is 7.19. The zero-order chi connectivity index (χ0) is 23.4. The normalized spacial score (nSPS) is 15.3. The fraction of sp³-hybridized carbons (Fsp3) is 0.240. The van der Waals surface area contributed by atoms with E-state index in [0.29, 0.717) is 23.5 Å². The molecule has 0 saturated heterocycles. The van der Waals surface area contributed by atoms with Gasteiger partial charge in [-0.05, 0) is 35.4 Å². The molecule has 33 heavy (non-hydrogen) atoms. The standard InChI is InChI=1S/C25H27N3O4S/c1-27(2)21-14-12-19(13-15-21)16-26-25(29)24-17-28(22-10-6-7-11-23(22)32-24)33(30,31)18-20-8-4-3-5-9-20/h3-15,24H,16-18H2,1-2H3,(H,26,29). The van der Waals surface area contributed by atoms with E-state index in [9.17, 15) is 13.2 Å². The minimum Gasteiger partial charge on any atom is -0.476 e. The molecule has 172 valence electrons. The SMILES string of the molecule is CN(C)c1ccc(CNC(=O)C2CN(S(=O)(=O)Cc3ccccc3)c3ccccc3O2)cc1. The smallest absolute Gasteiger partial charge is 0.263 e. The summed E-state index contributed by atoms with van der Waals surface area (Å²) in [5, 5.41) is 2.87. The molecule has 7 nitrogen and oxygen atoms in total. The Hall–Kier alpha value is -3.52. The number of sulfonamides is 1. The van der Waals surface area contributed by atoms with E-state index in [2.05, 4.69) is 5.32 Å². The van der Waals surface area contributed by atoms with Gasteiger partial charge in [0.05, 0.1) is 18.0 Å². The maximum absolute atomic E-state index is 13.3. The number of nitrogens with zero attached hydrogens (tertiary/aromatic N) is 2. The van der Waals surface area contributed by atoms with Crippen LogP contribution < -0.4 is 19.3 Å². The van der Waals surface area contributed by atoms with Gasteiger partial charge in [0.1, 0.15) is 5.75 Å². The predicted molar refractivity (Wildman–Crippen MR) is 130 cm³/mol. The van der Waals surface area contributed by atoms with Gasteiger partial charge < -0.3 is 15.0 Å². The highest BCUT2D eigenvalue weighted by atomic mass is 32.2. The van der Waals surface area contributed by atoms with Crippen LogP contribution in [0.3, 0.4) is 0 Å². The van der Waals surface area contributed by atoms with Crippen molar-refractivity contribution in [3.8, 4) is 5.75 Å². The maximum Gasteiger partial charge on any atom is 0.263 e. The first-order valence-electron chi connectivity index (χ1n) is 10.7. The van der Waals surface area contributed by atoms with Crippen molar-refractivity contribution in [3.63, 3.8) is 0 Å². The van der Waals surface area contributed by atoms with Crippen molar-refractivity contribution in [2.75, 3.05) is 29.8 Å². The largest absolute Gasteiger partial charge is 0.476 e. The molecule has 1 unspecified atom stereocenters. The van der Waals surface area contributed by atoms with Gasteiger partial charge >= 0.3 is 0 Å². The predicted octanol–water partition coefficient (Wildman–Crippen LogP) is 3.17. The number of anilines is 2. The minimum absolute atomic E-state index is 0.0857. The van der Waals surface area contributed by atoms with Gasteiger partial charge in [-0.1, -0.05) is 54.6 Å². The lowest BCUT2D eigenvalue weighted by Crippen LogP contribution is -2.50. The van der Waals surface area contributed by atoms with Crippen LogP contribution in [0.15, 0.2) is 78.9 Å². The molecule has 1 aliphatic heterocycles. The molecule has 0 saturated carbocycles. The Morgan fingerprint density at radius 3 is 2.33 bits per heavy atom. The molecular weight excluding hydrogens is 438 g/mol. The molecule has 0 spiro atoms. The van der Waals surface area contributed by atoms with Crippen LogP contribution in [0.25, 0.3) is 0 Å². The molecule has 1 amide bonds. The molecule has 0 radical (unpaired) electrons. The lowest BCUT2D eigenvalue weighted by molar-refractivity contribution is -0.127. The molecule has 1 aliphatic rings. The quantitative estimate of drug-likeness (QED) is 0.580. The summed E-state index contributed by atoms with van der Waals surface area (Å²) < 4.78 is 33.7. The number of rotatable bonds is 7. The molecule has 0 fully saturated rings. The van der Waals surface area contributed by atoms with Crippen molar-refractivity contribution < 1.29 is 17.9 Å². The summed E-state index contributed by atoms with van der Waals surface area (Å²) in [6, 6.07) is 23.7. The van der Waals surface area contributed by atoms with E-state index < -0.39 is 16.1 Å². The first-order valence-corrected chi connectivity index (χ1v) is 12.3. The van der Waals surface area contributed by atoms with Crippen molar-refractivity contribution in [3.05, 3.63) is 90.0 Å². The van der Waals surface area contributed by atoms with Gasteiger partial charge in [-0.2, -0.15) is 0 Å². The monoisotopic (exact) mass is 465 g/mol. The fourth-order valence-corrected chi connectivity index (χ4v) is 5.26. The molecule has 0 aliphatic carbocycles. The van der Waals surface area contributed by atoms with Gasteiger partial charge in [0.2, 0.25) is 10.0 Å². The summed E-state index contributed by atoms with van der Waals surface area (Å²) >= 11 is 0. The summed E-state index contributed by atoms with van der Waals surface area (Å²) in [4.78, 5) is 14.9. The summed E-state index contributed by atoms with van der Waals surface area (Å²) in [5.41, 5.74) is 3.13. The lowest BCUT2D eigenvalue weighted by atomic mass is 10.2. The van der Waals surface area contributed by atoms with Crippen LogP contribution in [-0.2, 0) is 27.1 Å². The summed E-state index contributed by atoms with van der Waals surface area (Å²) in [6.45, 7) is 0.238. The zero-order valence-corrected chi connectivity index (χ0v) is 19.5. The van der Waals surface area contributed by atoms with Crippen LogP contribution in [0.4, 0.5) is 11.4 Å². The Morgan fingerprint density at radius 2 is 1.64 bits per heavy atom. The lowest BCUT2D eigenvalue weighted by Gasteiger charge is -2.34. The topological polar surface area (TPSA) is 79.0 Å². The van der Waals surface area contributed by atoms with E-state index in [1.54, 1.807) is 48.5 Å². The number of fused-ring (bicyclic) bond motifs is 1. The van der Waals surface area contributed by atoms with Gasteiger partial charge in [0.15, 0.2) is 6.10 Å². The maximum atomic E-state index is 13.3. The van der Waals surface area contributed by atoms with Gasteiger partial charge in [0.25, 0.3) is 5.91 Å². The highest BCUT2D eigenvalue weighted by Gasteiger charge is 2.36. The van der Waals surface area contributed by atoms with Crippen molar-refractivity contribution in [2.45, 2.75) is 18.4 Å². The fourth-order valence-electron chi connectivity index (χ4n) is 3.68. The van der Waals surface area contributed by atoms with Crippen LogP contribution in [0, 0.1) is 0 Å². The molecule has 0 bridgehead atoms. The summed E-state index contributed by atoms with van der Waals surface area (Å²) in [6.07, 6.45) is -0.952. The molecule has 4 rings (SSSR count). The first kappa shape index (κ1) is 22.7. The molecule has 0 aromatic heterocycles. The van der Waals surface area contributed by atoms with Crippen molar-refractivity contribution >= 4 is 27.3 Å². The molecular formula is C25H27N3O4S. The van der Waals surface area contributed by atoms with Crippen LogP contribution in [-0.4, -0.2) is 41.1 Å². The highest BCUT2D eigenvalue weighted by Crippen LogP contribution is 2.35. The Balaban J connectivity index is 1.50. The highest BCUT2D eigenvalue weighted by molar-refractivity contribution is 7.92. The van der Waals surface area contributed by atoms with E-state index in [-0.39, 0.29) is 18.2 Å². The van der Waals surface area contributed by atoms with Gasteiger partial charge in [-0.25, -0.2) is 8.42 Å². The number of amides is 1. The van der Waals surface area contributed by atoms with E-state index in [1.165, 1.54) is 4.31 Å².